The first-order valence-electron chi connectivity index (χ1n) is 6.82. The van der Waals surface area contributed by atoms with Crippen LogP contribution in [0, 0.1) is 0 Å². The van der Waals surface area contributed by atoms with Gasteiger partial charge in [-0.3, -0.25) is 0 Å². The van der Waals surface area contributed by atoms with Gasteiger partial charge in [0.25, 0.3) is 10.0 Å². The van der Waals surface area contributed by atoms with Crippen LogP contribution in [-0.2, 0) is 10.0 Å². The average molecular weight is 323 g/mol. The molecule has 5 nitrogen and oxygen atoms in total. The van der Waals surface area contributed by atoms with Crippen LogP contribution in [-0.4, -0.2) is 31.3 Å². The first kappa shape index (κ1) is 14.5. The molecular formula is C14H17N3O2S2. The fourth-order valence-electron chi connectivity index (χ4n) is 2.68. The van der Waals surface area contributed by atoms with Gasteiger partial charge in [0, 0.05) is 19.8 Å². The predicted octanol–water partition coefficient (Wildman–Crippen LogP) is 2.71. The van der Waals surface area contributed by atoms with Crippen LogP contribution in [0.4, 0.5) is 5.82 Å². The van der Waals surface area contributed by atoms with E-state index in [2.05, 4.69) is 10.3 Å². The number of hydrogen-bond donors (Lipinski definition) is 1. The van der Waals surface area contributed by atoms with Gasteiger partial charge in [0.05, 0.1) is 6.04 Å². The minimum atomic E-state index is -3.40. The summed E-state index contributed by atoms with van der Waals surface area (Å²) in [5.41, 5.74) is 0.993. The molecule has 0 bridgehead atoms. The van der Waals surface area contributed by atoms with Crippen LogP contribution in [0.5, 0.6) is 0 Å². The standard InChI is InChI=1S/C14H17N3O2S2/c1-15-13-10-11(6-7-16-13)12-4-2-8-17(12)21(18,19)14-5-3-9-20-14/h3,5-7,9-10,12H,2,4,8H2,1H3,(H,15,16)/t12-/m0/s1. The molecule has 1 aliphatic rings. The molecule has 0 saturated carbocycles. The monoisotopic (exact) mass is 323 g/mol. The molecule has 2 aromatic rings. The molecule has 3 heterocycles. The quantitative estimate of drug-likeness (QED) is 0.940. The van der Waals surface area contributed by atoms with Gasteiger partial charge in [0.1, 0.15) is 10.0 Å². The van der Waals surface area contributed by atoms with E-state index in [1.165, 1.54) is 11.3 Å². The minimum Gasteiger partial charge on any atom is -0.373 e. The lowest BCUT2D eigenvalue weighted by Crippen LogP contribution is -2.30. The second kappa shape index (κ2) is 5.75. The first-order valence-corrected chi connectivity index (χ1v) is 9.14. The number of rotatable bonds is 4. The Hall–Kier alpha value is -1.44. The number of sulfonamides is 1. The van der Waals surface area contributed by atoms with E-state index in [1.54, 1.807) is 35.1 Å². The van der Waals surface area contributed by atoms with Gasteiger partial charge in [0.15, 0.2) is 0 Å². The van der Waals surface area contributed by atoms with Gasteiger partial charge >= 0.3 is 0 Å². The third kappa shape index (κ3) is 2.68. The first-order chi connectivity index (χ1) is 10.1. The second-order valence-electron chi connectivity index (χ2n) is 4.93. The van der Waals surface area contributed by atoms with Gasteiger partial charge in [-0.2, -0.15) is 4.31 Å². The van der Waals surface area contributed by atoms with Gasteiger partial charge in [-0.1, -0.05) is 6.07 Å². The summed E-state index contributed by atoms with van der Waals surface area (Å²) in [4.78, 5) is 4.19. The molecule has 0 unspecified atom stereocenters. The van der Waals surface area contributed by atoms with E-state index >= 15 is 0 Å². The van der Waals surface area contributed by atoms with Crippen molar-refractivity contribution in [2.45, 2.75) is 23.1 Å². The van der Waals surface area contributed by atoms with Crippen molar-refractivity contribution in [1.82, 2.24) is 9.29 Å². The van der Waals surface area contributed by atoms with E-state index in [4.69, 9.17) is 0 Å². The van der Waals surface area contributed by atoms with Crippen molar-refractivity contribution >= 4 is 27.2 Å². The highest BCUT2D eigenvalue weighted by Gasteiger charge is 2.36. The molecule has 0 spiro atoms. The third-order valence-corrected chi connectivity index (χ3v) is 6.97. The second-order valence-corrected chi connectivity index (χ2v) is 8.00. The van der Waals surface area contributed by atoms with Crippen molar-refractivity contribution < 1.29 is 8.42 Å². The maximum Gasteiger partial charge on any atom is 0.253 e. The number of nitrogens with one attached hydrogen (secondary N) is 1. The third-order valence-electron chi connectivity index (χ3n) is 3.69. The summed E-state index contributed by atoms with van der Waals surface area (Å²) < 4.78 is 27.5. The highest BCUT2D eigenvalue weighted by Crippen LogP contribution is 2.37. The summed E-state index contributed by atoms with van der Waals surface area (Å²) in [6, 6.07) is 7.16. The molecule has 0 amide bonds. The molecule has 1 fully saturated rings. The molecule has 112 valence electrons. The molecule has 7 heteroatoms. The van der Waals surface area contributed by atoms with E-state index in [0.717, 1.165) is 24.2 Å². The Balaban J connectivity index is 1.96. The Labute approximate surface area is 128 Å². The zero-order chi connectivity index (χ0) is 14.9. The molecule has 1 saturated heterocycles. The van der Waals surface area contributed by atoms with Crippen LogP contribution in [0.2, 0.25) is 0 Å². The van der Waals surface area contributed by atoms with Crippen molar-refractivity contribution in [2.24, 2.45) is 0 Å². The van der Waals surface area contributed by atoms with Crippen molar-refractivity contribution in [3.8, 4) is 0 Å². The highest BCUT2D eigenvalue weighted by atomic mass is 32.2. The van der Waals surface area contributed by atoms with Gasteiger partial charge < -0.3 is 5.32 Å². The Bertz CT molecular complexity index is 714. The number of pyridine rings is 1. The number of nitrogens with zero attached hydrogens (tertiary/aromatic N) is 2. The fraction of sp³-hybridized carbons (Fsp3) is 0.357. The molecule has 3 rings (SSSR count). The topological polar surface area (TPSA) is 62.3 Å². The molecular weight excluding hydrogens is 306 g/mol. The van der Waals surface area contributed by atoms with E-state index < -0.39 is 10.0 Å². The molecule has 1 atom stereocenters. The minimum absolute atomic E-state index is 0.104. The van der Waals surface area contributed by atoms with Crippen molar-refractivity contribution in [3.63, 3.8) is 0 Å². The predicted molar refractivity (Wildman–Crippen MR) is 84.0 cm³/mol. The maximum absolute atomic E-state index is 12.7. The van der Waals surface area contributed by atoms with Gasteiger partial charge in [-0.15, -0.1) is 11.3 Å². The molecule has 21 heavy (non-hydrogen) atoms. The number of thiophene rings is 1. The van der Waals surface area contributed by atoms with E-state index in [9.17, 15) is 8.42 Å². The highest BCUT2D eigenvalue weighted by molar-refractivity contribution is 7.91. The zero-order valence-electron chi connectivity index (χ0n) is 11.7. The Morgan fingerprint density at radius 2 is 2.29 bits per heavy atom. The van der Waals surface area contributed by atoms with Crippen molar-refractivity contribution in [3.05, 3.63) is 41.4 Å². The van der Waals surface area contributed by atoms with Gasteiger partial charge in [0.2, 0.25) is 0 Å². The van der Waals surface area contributed by atoms with Gasteiger partial charge in [-0.25, -0.2) is 13.4 Å². The van der Waals surface area contributed by atoms with Crippen molar-refractivity contribution in [1.29, 1.82) is 0 Å². The van der Waals surface area contributed by atoms with Crippen LogP contribution >= 0.6 is 11.3 Å². The maximum atomic E-state index is 12.7. The summed E-state index contributed by atoms with van der Waals surface area (Å²) in [7, 11) is -1.59. The molecule has 0 aromatic carbocycles. The number of hydrogen-bond acceptors (Lipinski definition) is 5. The number of anilines is 1. The molecule has 1 aliphatic heterocycles. The molecule has 2 aromatic heterocycles. The van der Waals surface area contributed by atoms with Gasteiger partial charge in [-0.05, 0) is 42.0 Å². The van der Waals surface area contributed by atoms with Crippen LogP contribution in [0.25, 0.3) is 0 Å². The fourth-order valence-corrected chi connectivity index (χ4v) is 5.48. The lowest BCUT2D eigenvalue weighted by Gasteiger charge is -2.24. The summed E-state index contributed by atoms with van der Waals surface area (Å²) in [6.07, 6.45) is 3.44. The summed E-state index contributed by atoms with van der Waals surface area (Å²) in [6.45, 7) is 0.572. The molecule has 1 N–H and O–H groups in total. The average Bonchev–Trinajstić information content (AvgIpc) is 3.18. The van der Waals surface area contributed by atoms with E-state index in [0.29, 0.717) is 10.8 Å². The summed E-state index contributed by atoms with van der Waals surface area (Å²) in [5, 5.41) is 4.79. The van der Waals surface area contributed by atoms with Crippen LogP contribution < -0.4 is 5.32 Å². The normalized spacial score (nSPS) is 19.8. The summed E-state index contributed by atoms with van der Waals surface area (Å²) in [5.74, 6) is 0.757. The zero-order valence-corrected chi connectivity index (χ0v) is 13.3. The largest absolute Gasteiger partial charge is 0.373 e. The summed E-state index contributed by atoms with van der Waals surface area (Å²) >= 11 is 1.27. The SMILES string of the molecule is CNc1cc([C@@H]2CCCN2S(=O)(=O)c2cccs2)ccn1. The van der Waals surface area contributed by atoms with E-state index in [-0.39, 0.29) is 6.04 Å². The molecule has 0 aliphatic carbocycles. The van der Waals surface area contributed by atoms with E-state index in [1.807, 2.05) is 12.1 Å². The van der Waals surface area contributed by atoms with Crippen LogP contribution in [0.1, 0.15) is 24.4 Å². The Kier molecular flexibility index (Phi) is 3.97. The Morgan fingerprint density at radius 3 is 3.00 bits per heavy atom. The molecule has 0 radical (unpaired) electrons. The lowest BCUT2D eigenvalue weighted by molar-refractivity contribution is 0.398. The van der Waals surface area contributed by atoms with Crippen LogP contribution in [0.15, 0.2) is 40.1 Å². The lowest BCUT2D eigenvalue weighted by atomic mass is 10.1. The Morgan fingerprint density at radius 1 is 1.43 bits per heavy atom. The van der Waals surface area contributed by atoms with Crippen LogP contribution in [0.3, 0.4) is 0 Å². The smallest absolute Gasteiger partial charge is 0.253 e. The number of aromatic nitrogens is 1. The van der Waals surface area contributed by atoms with Crippen molar-refractivity contribution in [2.75, 3.05) is 18.9 Å².